The van der Waals surface area contributed by atoms with E-state index in [2.05, 4.69) is 215 Å². The topological polar surface area (TPSA) is 36.8 Å². The van der Waals surface area contributed by atoms with Crippen LogP contribution in [0.3, 0.4) is 0 Å². The molecule has 2 saturated carbocycles. The van der Waals surface area contributed by atoms with Crippen molar-refractivity contribution in [2.24, 2.45) is 61.7 Å². The molecule has 5 aliphatic rings. The zero-order chi connectivity index (χ0) is 47.3. The van der Waals surface area contributed by atoms with Gasteiger partial charge in [0.2, 0.25) is 0 Å². The Kier molecular flexibility index (Phi) is 18.1. The third-order valence-electron chi connectivity index (χ3n) is 16.0. The highest BCUT2D eigenvalue weighted by atomic mass is 15.2. The molecular weight excluding hydrogens is 799 g/mol. The molecule has 3 nitrogen and oxygen atoms in total. The number of amidine groups is 2. The van der Waals surface area contributed by atoms with Gasteiger partial charge < -0.3 is 5.32 Å². The highest BCUT2D eigenvalue weighted by molar-refractivity contribution is 6.16. The van der Waals surface area contributed by atoms with Gasteiger partial charge >= 0.3 is 0 Å². The van der Waals surface area contributed by atoms with Crippen molar-refractivity contribution in [3.05, 3.63) is 167 Å². The number of fused-ring (bicyclic) bond motifs is 2. The van der Waals surface area contributed by atoms with Crippen molar-refractivity contribution in [3.8, 4) is 0 Å². The summed E-state index contributed by atoms with van der Waals surface area (Å²) in [6.07, 6.45) is 55.2. The van der Waals surface area contributed by atoms with Crippen LogP contribution in [0, 0.1) is 51.8 Å². The van der Waals surface area contributed by atoms with E-state index in [9.17, 15) is 0 Å². The molecule has 1 aromatic carbocycles. The minimum absolute atomic E-state index is 0.0712. The van der Waals surface area contributed by atoms with Crippen LogP contribution in [-0.2, 0) is 0 Å². The van der Waals surface area contributed by atoms with Gasteiger partial charge in [0.25, 0.3) is 0 Å². The Labute approximate surface area is 403 Å². The average molecular weight is 886 g/mol. The van der Waals surface area contributed by atoms with Crippen LogP contribution in [0.2, 0.25) is 0 Å². The van der Waals surface area contributed by atoms with E-state index < -0.39 is 0 Å². The Morgan fingerprint density at radius 2 is 1.58 bits per heavy atom. The van der Waals surface area contributed by atoms with E-state index >= 15 is 0 Å². The van der Waals surface area contributed by atoms with E-state index in [1.165, 1.54) is 74.5 Å². The van der Waals surface area contributed by atoms with Crippen LogP contribution in [0.5, 0.6) is 0 Å². The molecule has 6 rings (SSSR count). The molecule has 2 fully saturated rings. The normalized spacial score (nSPS) is 31.6. The Bertz CT molecular complexity index is 2200. The van der Waals surface area contributed by atoms with Gasteiger partial charge in [-0.3, -0.25) is 0 Å². The molecule has 0 amide bonds. The lowest BCUT2D eigenvalue weighted by Crippen LogP contribution is -2.41. The summed E-state index contributed by atoms with van der Waals surface area (Å²) in [4.78, 5) is 11.0. The Morgan fingerprint density at radius 1 is 0.848 bits per heavy atom. The Hall–Kier alpha value is -4.50. The fourth-order valence-electron chi connectivity index (χ4n) is 12.1. The maximum Gasteiger partial charge on any atom is 0.150 e. The fourth-order valence-corrected chi connectivity index (χ4v) is 12.1. The van der Waals surface area contributed by atoms with Crippen LogP contribution in [-0.4, -0.2) is 17.8 Å². The van der Waals surface area contributed by atoms with Crippen molar-refractivity contribution in [2.45, 2.75) is 159 Å². The van der Waals surface area contributed by atoms with Crippen LogP contribution in [0.25, 0.3) is 0 Å². The van der Waals surface area contributed by atoms with Crippen LogP contribution >= 0.6 is 0 Å². The Balaban J connectivity index is 1.66. The average Bonchev–Trinajstić information content (AvgIpc) is 3.59. The molecule has 3 heteroatoms. The standard InChI is InChI=1S/C63H87N3/c1-12-16-19-20-26-39-63(47(6)31-23-18-14-3)48(7)41-54(61(9,10)11)43-56(60-65-58(46(5)30-22-17-13-2)64-59(66-60)52-33-24-21-25-34-52)49(8)55-36-27-35-53(44-57(55)63)62-38-28-32-51(45-62)42-50(29-15-4)37-40-62/h13-14,16-27,30-31,33-35,41,43-44,46-51,58H,12,15,28-29,32,36-40,42,45H2,1-11H3,(H,64,65,66)/b17-13-,18-14-,19-16-,26-20-,30-22-,31-23-,54-41+,56-43+. The fraction of sp³-hybridized carbons (Fsp3) is 0.524. The molecule has 2 bridgehead atoms. The zero-order valence-electron chi connectivity index (χ0n) is 43.1. The molecule has 354 valence electrons. The molecule has 66 heavy (non-hydrogen) atoms. The predicted molar refractivity (Wildman–Crippen MR) is 289 cm³/mol. The monoisotopic (exact) mass is 886 g/mol. The first-order chi connectivity index (χ1) is 31.8. The molecule has 1 heterocycles. The molecular formula is C63H87N3. The van der Waals surface area contributed by atoms with Crippen molar-refractivity contribution >= 4 is 11.7 Å². The van der Waals surface area contributed by atoms with E-state index in [1.807, 2.05) is 0 Å². The first-order valence-corrected chi connectivity index (χ1v) is 26.2. The molecule has 4 aliphatic carbocycles. The van der Waals surface area contributed by atoms with Gasteiger partial charge in [-0.15, -0.1) is 0 Å². The molecule has 1 N–H and O–H groups in total. The van der Waals surface area contributed by atoms with Crippen molar-refractivity contribution in [2.75, 3.05) is 0 Å². The first kappa shape index (κ1) is 50.9. The maximum absolute atomic E-state index is 5.62. The summed E-state index contributed by atoms with van der Waals surface area (Å²) in [5, 5.41) is 3.90. The summed E-state index contributed by atoms with van der Waals surface area (Å²) < 4.78 is 0. The zero-order valence-corrected chi connectivity index (χ0v) is 43.1. The van der Waals surface area contributed by atoms with Crippen LogP contribution in [0.4, 0.5) is 0 Å². The number of nitrogens with zero attached hydrogens (tertiary/aromatic N) is 2. The van der Waals surface area contributed by atoms with Crippen molar-refractivity contribution < 1.29 is 0 Å². The van der Waals surface area contributed by atoms with Gasteiger partial charge in [0.05, 0.1) is 0 Å². The molecule has 0 spiro atoms. The summed E-state index contributed by atoms with van der Waals surface area (Å²) in [6, 6.07) is 10.7. The number of nitrogens with one attached hydrogen (secondary N) is 1. The molecule has 1 aromatic rings. The third-order valence-corrected chi connectivity index (χ3v) is 16.0. The van der Waals surface area contributed by atoms with Crippen molar-refractivity contribution in [3.63, 3.8) is 0 Å². The first-order valence-electron chi connectivity index (χ1n) is 26.2. The number of aliphatic imine (C=N–C) groups is 2. The molecule has 9 unspecified atom stereocenters. The quantitative estimate of drug-likeness (QED) is 0.175. The van der Waals surface area contributed by atoms with Gasteiger partial charge in [-0.25, -0.2) is 9.98 Å². The number of hydrogen-bond acceptors (Lipinski definition) is 3. The van der Waals surface area contributed by atoms with Gasteiger partial charge in [-0.05, 0) is 116 Å². The van der Waals surface area contributed by atoms with Gasteiger partial charge in [-0.2, -0.15) is 0 Å². The minimum Gasteiger partial charge on any atom is -0.325 e. The van der Waals surface area contributed by atoms with E-state index in [-0.39, 0.29) is 46.1 Å². The molecule has 0 radical (unpaired) electrons. The summed E-state index contributed by atoms with van der Waals surface area (Å²) in [7, 11) is 0. The molecule has 9 atom stereocenters. The van der Waals surface area contributed by atoms with E-state index in [0.717, 1.165) is 48.3 Å². The van der Waals surface area contributed by atoms with Crippen LogP contribution in [0.1, 0.15) is 159 Å². The van der Waals surface area contributed by atoms with Crippen LogP contribution < -0.4 is 5.32 Å². The molecule has 0 saturated heterocycles. The van der Waals surface area contributed by atoms with Crippen LogP contribution in [0.15, 0.2) is 171 Å². The number of allylic oxidation sites excluding steroid dienone is 20. The van der Waals surface area contributed by atoms with E-state index in [4.69, 9.17) is 9.98 Å². The second-order valence-electron chi connectivity index (χ2n) is 21.6. The van der Waals surface area contributed by atoms with Gasteiger partial charge in [0.15, 0.2) is 0 Å². The highest BCUT2D eigenvalue weighted by Gasteiger charge is 2.47. The summed E-state index contributed by atoms with van der Waals surface area (Å²) >= 11 is 0. The molecule has 0 aromatic heterocycles. The van der Waals surface area contributed by atoms with Gasteiger partial charge in [-0.1, -0.05) is 227 Å². The number of hydrogen-bond donors (Lipinski definition) is 1. The van der Waals surface area contributed by atoms with Crippen molar-refractivity contribution in [1.82, 2.24) is 5.32 Å². The number of rotatable bonds is 15. The SMILES string of the molecule is C/C=C\C=C/C(C)C1N=C(/C2=C/C(C(C)(C)C)=C\C(C)C(C/C=C\C=C/CC)(C(C)/C=C\C=C/C)C3=C(CC=CC(C45CCCC(CC(CCC)CC4)C5)=C3)C2C)NC(c2ccccc2)=N1. The highest BCUT2D eigenvalue weighted by Crippen LogP contribution is 2.58. The largest absolute Gasteiger partial charge is 0.325 e. The summed E-state index contributed by atoms with van der Waals surface area (Å²) in [6.45, 7) is 25.8. The lowest BCUT2D eigenvalue weighted by atomic mass is 9.57. The minimum atomic E-state index is -0.268. The second-order valence-corrected chi connectivity index (χ2v) is 21.6. The van der Waals surface area contributed by atoms with Gasteiger partial charge in [0.1, 0.15) is 17.8 Å². The second kappa shape index (κ2) is 23.5. The predicted octanol–water partition coefficient (Wildman–Crippen LogP) is 17.3. The summed E-state index contributed by atoms with van der Waals surface area (Å²) in [5.74, 6) is 4.15. The van der Waals surface area contributed by atoms with E-state index in [1.54, 1.807) is 11.1 Å². The van der Waals surface area contributed by atoms with E-state index in [0.29, 0.717) is 0 Å². The lowest BCUT2D eigenvalue weighted by molar-refractivity contribution is 0.181. The van der Waals surface area contributed by atoms with Crippen molar-refractivity contribution in [1.29, 1.82) is 0 Å². The molecule has 1 aliphatic heterocycles. The number of benzene rings is 1. The smallest absolute Gasteiger partial charge is 0.150 e. The van der Waals surface area contributed by atoms with Gasteiger partial charge in [0, 0.05) is 28.4 Å². The third kappa shape index (κ3) is 12.0. The summed E-state index contributed by atoms with van der Waals surface area (Å²) in [5.41, 5.74) is 8.26. The maximum atomic E-state index is 5.62. The Morgan fingerprint density at radius 3 is 2.29 bits per heavy atom. The lowest BCUT2D eigenvalue weighted by Gasteiger charge is -2.46.